The Morgan fingerprint density at radius 1 is 1.24 bits per heavy atom. The fraction of sp³-hybridized carbons (Fsp3) is 0.188. The van der Waals surface area contributed by atoms with Gasteiger partial charge in [-0.1, -0.05) is 28.1 Å². The number of nitrogens with zero attached hydrogens (tertiary/aromatic N) is 1. The molecule has 2 aromatic carbocycles. The lowest BCUT2D eigenvalue weighted by atomic mass is 10.1. The summed E-state index contributed by atoms with van der Waals surface area (Å²) in [5.41, 5.74) is 2.11. The minimum Gasteiger partial charge on any atom is -0.383 e. The first kappa shape index (κ1) is 14.1. The highest BCUT2D eigenvalue weighted by Crippen LogP contribution is 2.29. The van der Waals surface area contributed by atoms with Crippen molar-refractivity contribution in [3.8, 4) is 0 Å². The second-order valence-electron chi connectivity index (χ2n) is 4.91. The Balaban J connectivity index is 2.01. The maximum Gasteiger partial charge on any atom is 0.258 e. The first-order chi connectivity index (χ1) is 10.1. The second-order valence-corrected chi connectivity index (χ2v) is 5.83. The van der Waals surface area contributed by atoms with Gasteiger partial charge in [-0.15, -0.1) is 0 Å². The van der Waals surface area contributed by atoms with Gasteiger partial charge >= 0.3 is 0 Å². The number of carbonyl (C=O) groups is 1. The fourth-order valence-electron chi connectivity index (χ4n) is 2.48. The van der Waals surface area contributed by atoms with Crippen LogP contribution < -0.4 is 10.2 Å². The van der Waals surface area contributed by atoms with Crippen LogP contribution in [0.15, 0.2) is 46.9 Å². The van der Waals surface area contributed by atoms with Gasteiger partial charge in [-0.2, -0.15) is 0 Å². The van der Waals surface area contributed by atoms with Crippen molar-refractivity contribution in [2.45, 2.75) is 6.42 Å². The lowest BCUT2D eigenvalue weighted by molar-refractivity contribution is 0.0987. The van der Waals surface area contributed by atoms with Crippen molar-refractivity contribution < 1.29 is 9.18 Å². The van der Waals surface area contributed by atoms with Gasteiger partial charge in [0.15, 0.2) is 0 Å². The molecule has 1 amide bonds. The third kappa shape index (κ3) is 2.93. The molecule has 108 valence electrons. The van der Waals surface area contributed by atoms with E-state index in [-0.39, 0.29) is 5.91 Å². The van der Waals surface area contributed by atoms with Crippen molar-refractivity contribution >= 4 is 33.2 Å². The lowest BCUT2D eigenvalue weighted by Crippen LogP contribution is -2.31. The van der Waals surface area contributed by atoms with E-state index in [4.69, 9.17) is 0 Å². The highest BCUT2D eigenvalue weighted by Gasteiger charge is 2.22. The Labute approximate surface area is 130 Å². The number of rotatable bonds is 1. The number of hydrogen-bond donors (Lipinski definition) is 1. The number of carbonyl (C=O) groups excluding carboxylic acids is 1. The van der Waals surface area contributed by atoms with Crippen LogP contribution in [-0.2, 0) is 0 Å². The summed E-state index contributed by atoms with van der Waals surface area (Å²) in [6, 6.07) is 11.9. The van der Waals surface area contributed by atoms with E-state index >= 15 is 0 Å². The smallest absolute Gasteiger partial charge is 0.258 e. The van der Waals surface area contributed by atoms with Gasteiger partial charge in [0.1, 0.15) is 5.82 Å². The maximum atomic E-state index is 13.5. The third-order valence-electron chi connectivity index (χ3n) is 3.42. The topological polar surface area (TPSA) is 32.3 Å². The van der Waals surface area contributed by atoms with E-state index in [1.165, 1.54) is 12.1 Å². The second kappa shape index (κ2) is 5.85. The van der Waals surface area contributed by atoms with Gasteiger partial charge in [0.2, 0.25) is 0 Å². The zero-order chi connectivity index (χ0) is 14.8. The molecule has 0 aliphatic carbocycles. The first-order valence-corrected chi connectivity index (χ1v) is 7.55. The van der Waals surface area contributed by atoms with Crippen LogP contribution >= 0.6 is 15.9 Å². The molecule has 0 saturated carbocycles. The average molecular weight is 349 g/mol. The van der Waals surface area contributed by atoms with E-state index in [1.807, 2.05) is 24.3 Å². The quantitative estimate of drug-likeness (QED) is 0.843. The summed E-state index contributed by atoms with van der Waals surface area (Å²) in [5, 5.41) is 3.31. The molecule has 0 unspecified atom stereocenters. The number of fused-ring (bicyclic) bond motifs is 1. The number of amides is 1. The molecule has 0 spiro atoms. The van der Waals surface area contributed by atoms with Gasteiger partial charge in [0.05, 0.1) is 11.4 Å². The van der Waals surface area contributed by atoms with Crippen LogP contribution in [0.3, 0.4) is 0 Å². The summed E-state index contributed by atoms with van der Waals surface area (Å²) >= 11 is 3.23. The predicted octanol–water partition coefficient (Wildman–Crippen LogP) is 4.05. The van der Waals surface area contributed by atoms with E-state index < -0.39 is 5.82 Å². The highest BCUT2D eigenvalue weighted by atomic mass is 79.9. The van der Waals surface area contributed by atoms with Crippen molar-refractivity contribution in [2.24, 2.45) is 0 Å². The summed E-state index contributed by atoms with van der Waals surface area (Å²) in [4.78, 5) is 14.4. The van der Waals surface area contributed by atoms with Crippen LogP contribution in [0, 0.1) is 5.82 Å². The molecule has 0 radical (unpaired) electrons. The molecule has 3 nitrogen and oxygen atoms in total. The average Bonchev–Trinajstić information content (AvgIpc) is 2.68. The van der Waals surface area contributed by atoms with E-state index in [9.17, 15) is 9.18 Å². The minimum absolute atomic E-state index is 0.189. The lowest BCUT2D eigenvalue weighted by Gasteiger charge is -2.22. The molecule has 1 aliphatic rings. The van der Waals surface area contributed by atoms with E-state index in [2.05, 4.69) is 21.2 Å². The first-order valence-electron chi connectivity index (χ1n) is 6.76. The standard InChI is InChI=1S/C16H14BrFN2O/c17-12-8-11(9-13(18)10-12)16(21)20-7-3-6-19-14-4-1-2-5-15(14)20/h1-2,4-5,8-10,19H,3,6-7H2. The Bertz CT molecular complexity index is 669. The molecule has 1 aliphatic heterocycles. The van der Waals surface area contributed by atoms with Gasteiger partial charge in [0.25, 0.3) is 5.91 Å². The van der Waals surface area contributed by atoms with Crippen LogP contribution in [0.2, 0.25) is 0 Å². The summed E-state index contributed by atoms with van der Waals surface area (Å²) in [5.74, 6) is -0.611. The Morgan fingerprint density at radius 2 is 2.05 bits per heavy atom. The summed E-state index contributed by atoms with van der Waals surface area (Å²) < 4.78 is 14.1. The molecule has 0 fully saturated rings. The molecule has 1 N–H and O–H groups in total. The summed E-state index contributed by atoms with van der Waals surface area (Å²) in [6.07, 6.45) is 0.844. The van der Waals surface area contributed by atoms with Gasteiger partial charge < -0.3 is 10.2 Å². The molecule has 1 heterocycles. The van der Waals surface area contributed by atoms with Gasteiger partial charge in [-0.05, 0) is 36.8 Å². The SMILES string of the molecule is O=C(c1cc(F)cc(Br)c1)N1CCCNc2ccccc21. The molecule has 21 heavy (non-hydrogen) atoms. The third-order valence-corrected chi connectivity index (χ3v) is 3.88. The fourth-order valence-corrected chi connectivity index (χ4v) is 2.95. The van der Waals surface area contributed by atoms with Crippen molar-refractivity contribution in [3.05, 3.63) is 58.3 Å². The summed E-state index contributed by atoms with van der Waals surface area (Å²) in [6.45, 7) is 1.42. The number of hydrogen-bond acceptors (Lipinski definition) is 2. The van der Waals surface area contributed by atoms with Gasteiger partial charge in [0, 0.05) is 23.1 Å². The van der Waals surface area contributed by atoms with Crippen LogP contribution in [0.25, 0.3) is 0 Å². The van der Waals surface area contributed by atoms with Crippen LogP contribution in [0.1, 0.15) is 16.8 Å². The van der Waals surface area contributed by atoms with Crippen molar-refractivity contribution in [1.29, 1.82) is 0 Å². The largest absolute Gasteiger partial charge is 0.383 e. The maximum absolute atomic E-state index is 13.5. The zero-order valence-corrected chi connectivity index (χ0v) is 12.9. The summed E-state index contributed by atoms with van der Waals surface area (Å²) in [7, 11) is 0. The van der Waals surface area contributed by atoms with Gasteiger partial charge in [-0.25, -0.2) is 4.39 Å². The number of anilines is 2. The minimum atomic E-state index is -0.422. The van der Waals surface area contributed by atoms with Crippen molar-refractivity contribution in [2.75, 3.05) is 23.3 Å². The van der Waals surface area contributed by atoms with E-state index in [0.29, 0.717) is 16.6 Å². The highest BCUT2D eigenvalue weighted by molar-refractivity contribution is 9.10. The van der Waals surface area contributed by atoms with Crippen LogP contribution in [0.5, 0.6) is 0 Å². The molecule has 5 heteroatoms. The van der Waals surface area contributed by atoms with E-state index in [1.54, 1.807) is 11.0 Å². The van der Waals surface area contributed by atoms with Crippen LogP contribution in [-0.4, -0.2) is 19.0 Å². The number of nitrogens with one attached hydrogen (secondary N) is 1. The van der Waals surface area contributed by atoms with Crippen molar-refractivity contribution in [3.63, 3.8) is 0 Å². The molecule has 0 atom stereocenters. The monoisotopic (exact) mass is 348 g/mol. The Hall–Kier alpha value is -1.88. The predicted molar refractivity (Wildman–Crippen MR) is 85.3 cm³/mol. The Morgan fingerprint density at radius 3 is 2.86 bits per heavy atom. The number of benzene rings is 2. The van der Waals surface area contributed by atoms with E-state index in [0.717, 1.165) is 24.3 Å². The Kier molecular flexibility index (Phi) is 3.92. The molecule has 2 aromatic rings. The number of para-hydroxylation sites is 2. The van der Waals surface area contributed by atoms with Gasteiger partial charge in [-0.3, -0.25) is 4.79 Å². The molecular weight excluding hydrogens is 335 g/mol. The molecular formula is C16H14BrFN2O. The molecule has 3 rings (SSSR count). The zero-order valence-electron chi connectivity index (χ0n) is 11.3. The molecule has 0 saturated heterocycles. The number of halogens is 2. The molecule has 0 bridgehead atoms. The normalized spacial score (nSPS) is 14.1. The van der Waals surface area contributed by atoms with Crippen LogP contribution in [0.4, 0.5) is 15.8 Å². The van der Waals surface area contributed by atoms with Crippen molar-refractivity contribution in [1.82, 2.24) is 0 Å². The molecule has 0 aromatic heterocycles.